The van der Waals surface area contributed by atoms with Gasteiger partial charge in [0.2, 0.25) is 0 Å². The maximum Gasteiger partial charge on any atom is 0.306 e. The number of allylic oxidation sites excluding steroid dienone is 1. The predicted molar refractivity (Wildman–Crippen MR) is 134 cm³/mol. The Hall–Kier alpha value is -3.90. The molecule has 0 aromatic heterocycles. The number of nitrogens with zero attached hydrogens (tertiary/aromatic N) is 6. The maximum absolute atomic E-state index is 9.48. The molecular formula is C26H30N6. The van der Waals surface area contributed by atoms with E-state index in [2.05, 4.69) is 52.3 Å². The Morgan fingerprint density at radius 3 is 1.56 bits per heavy atom. The van der Waals surface area contributed by atoms with Crippen molar-refractivity contribution in [3.63, 3.8) is 0 Å². The molecule has 2 rings (SSSR count). The van der Waals surface area contributed by atoms with Gasteiger partial charge in [0.25, 0.3) is 0 Å². The minimum Gasteiger partial charge on any atom is -0.372 e. The number of aliphatic imine (C=N–C) groups is 2. The molecule has 0 saturated heterocycles. The second-order valence-corrected chi connectivity index (χ2v) is 6.94. The van der Waals surface area contributed by atoms with E-state index < -0.39 is 0 Å². The van der Waals surface area contributed by atoms with Gasteiger partial charge in [-0.25, -0.2) is 0 Å². The molecule has 2 aromatic carbocycles. The van der Waals surface area contributed by atoms with E-state index in [1.54, 1.807) is 12.4 Å². The Balaban J connectivity index is 2.19. The van der Waals surface area contributed by atoms with Gasteiger partial charge in [0.15, 0.2) is 5.70 Å². The molecule has 0 bridgehead atoms. The Labute approximate surface area is 191 Å². The lowest BCUT2D eigenvalue weighted by Gasteiger charge is -2.20. The van der Waals surface area contributed by atoms with Gasteiger partial charge < -0.3 is 14.6 Å². The third kappa shape index (κ3) is 6.55. The van der Waals surface area contributed by atoms with Gasteiger partial charge in [0, 0.05) is 49.3 Å². The zero-order valence-electron chi connectivity index (χ0n) is 19.3. The Bertz CT molecular complexity index is 940. The van der Waals surface area contributed by atoms with Crippen molar-refractivity contribution in [2.24, 2.45) is 9.98 Å². The monoisotopic (exact) mass is 426 g/mol. The van der Waals surface area contributed by atoms with E-state index in [9.17, 15) is 5.26 Å². The van der Waals surface area contributed by atoms with E-state index in [-0.39, 0.29) is 11.5 Å². The van der Waals surface area contributed by atoms with Crippen molar-refractivity contribution in [1.29, 1.82) is 5.26 Å². The molecule has 0 spiro atoms. The first-order valence-corrected chi connectivity index (χ1v) is 10.9. The molecule has 0 amide bonds. The summed E-state index contributed by atoms with van der Waals surface area (Å²) >= 11 is 0. The fourth-order valence-corrected chi connectivity index (χ4v) is 3.27. The molecule has 0 aliphatic rings. The molecule has 0 aliphatic carbocycles. The quantitative estimate of drug-likeness (QED) is 0.285. The predicted octanol–water partition coefficient (Wildman–Crippen LogP) is 5.53. The summed E-state index contributed by atoms with van der Waals surface area (Å²) in [6, 6.07) is 17.9. The van der Waals surface area contributed by atoms with Crippen molar-refractivity contribution >= 4 is 23.8 Å². The second kappa shape index (κ2) is 12.7. The zero-order chi connectivity index (χ0) is 23.3. The lowest BCUT2D eigenvalue weighted by atomic mass is 10.2. The van der Waals surface area contributed by atoms with E-state index in [0.717, 1.165) is 48.7 Å². The smallest absolute Gasteiger partial charge is 0.306 e. The van der Waals surface area contributed by atoms with Gasteiger partial charge in [-0.1, -0.05) is 18.7 Å². The van der Waals surface area contributed by atoms with Crippen molar-refractivity contribution in [2.45, 2.75) is 27.7 Å². The fourth-order valence-electron chi connectivity index (χ4n) is 3.27. The van der Waals surface area contributed by atoms with Crippen LogP contribution in [0.1, 0.15) is 38.8 Å². The summed E-state index contributed by atoms with van der Waals surface area (Å²) in [6.45, 7) is 19.7. The van der Waals surface area contributed by atoms with Crippen molar-refractivity contribution < 1.29 is 0 Å². The summed E-state index contributed by atoms with van der Waals surface area (Å²) < 4.78 is 0. The molecule has 164 valence electrons. The molecule has 0 unspecified atom stereocenters. The van der Waals surface area contributed by atoms with E-state index in [1.165, 1.54) is 0 Å². The third-order valence-corrected chi connectivity index (χ3v) is 5.15. The van der Waals surface area contributed by atoms with Gasteiger partial charge in [-0.2, -0.15) is 5.26 Å². The summed E-state index contributed by atoms with van der Waals surface area (Å²) in [6.07, 6.45) is 3.18. The third-order valence-electron chi connectivity index (χ3n) is 5.15. The highest BCUT2D eigenvalue weighted by Crippen LogP contribution is 2.16. The lowest BCUT2D eigenvalue weighted by Crippen LogP contribution is -2.21. The molecule has 0 aliphatic heterocycles. The minimum absolute atomic E-state index is 0.0103. The van der Waals surface area contributed by atoms with Crippen LogP contribution in [0.2, 0.25) is 0 Å². The zero-order valence-corrected chi connectivity index (χ0v) is 19.3. The number of anilines is 2. The summed E-state index contributed by atoms with van der Waals surface area (Å²) in [7, 11) is 0. The molecule has 0 radical (unpaired) electrons. The van der Waals surface area contributed by atoms with Crippen LogP contribution >= 0.6 is 0 Å². The molecule has 2 aromatic rings. The van der Waals surface area contributed by atoms with Crippen molar-refractivity contribution in [2.75, 3.05) is 36.0 Å². The van der Waals surface area contributed by atoms with Crippen LogP contribution in [0.4, 0.5) is 11.4 Å². The van der Waals surface area contributed by atoms with Crippen molar-refractivity contribution in [3.8, 4) is 6.07 Å². The molecule has 0 fully saturated rings. The second-order valence-electron chi connectivity index (χ2n) is 6.94. The maximum atomic E-state index is 9.48. The van der Waals surface area contributed by atoms with E-state index in [4.69, 9.17) is 6.57 Å². The van der Waals surface area contributed by atoms with Crippen LogP contribution in [0, 0.1) is 17.9 Å². The first kappa shape index (κ1) is 24.4. The highest BCUT2D eigenvalue weighted by molar-refractivity contribution is 5.83. The molecule has 0 atom stereocenters. The summed E-state index contributed by atoms with van der Waals surface area (Å²) in [5.41, 5.74) is 3.98. The standard InChI is InChI=1S/C26H30N6/c1-6-31(7-2)23-14-10-21(11-15-23)19-29-25(18-27)26(28-5)30-20-22-12-16-24(17-13-22)32(8-3)9-4/h10-17,19-20H,6-9H2,1-4H3/b26-25-,29-19?,30-20?. The van der Waals surface area contributed by atoms with Gasteiger partial charge in [-0.05, 0) is 69.7 Å². The topological polar surface area (TPSA) is 59.4 Å². The minimum atomic E-state index is -0.0312. The van der Waals surface area contributed by atoms with Gasteiger partial charge in [-0.3, -0.25) is 4.99 Å². The molecule has 6 nitrogen and oxygen atoms in total. The van der Waals surface area contributed by atoms with E-state index in [1.807, 2.05) is 54.6 Å². The summed E-state index contributed by atoms with van der Waals surface area (Å²) in [4.78, 5) is 16.3. The van der Waals surface area contributed by atoms with Crippen LogP contribution in [-0.4, -0.2) is 38.6 Å². The highest BCUT2D eigenvalue weighted by atomic mass is 15.1. The Kier molecular flexibility index (Phi) is 9.69. The van der Waals surface area contributed by atoms with E-state index in [0.29, 0.717) is 0 Å². The number of hydrogen-bond acceptors (Lipinski definition) is 5. The molecular weight excluding hydrogens is 396 g/mol. The van der Waals surface area contributed by atoms with Crippen LogP contribution in [0.3, 0.4) is 0 Å². The Morgan fingerprint density at radius 1 is 0.812 bits per heavy atom. The van der Waals surface area contributed by atoms with Gasteiger partial charge in [0.1, 0.15) is 12.3 Å². The number of nitriles is 1. The average Bonchev–Trinajstić information content (AvgIpc) is 2.84. The summed E-state index contributed by atoms with van der Waals surface area (Å²) in [5.74, 6) is -0.0312. The van der Waals surface area contributed by atoms with E-state index >= 15 is 0 Å². The first-order chi connectivity index (χ1) is 15.6. The van der Waals surface area contributed by atoms with Gasteiger partial charge in [-0.15, -0.1) is 4.99 Å². The number of rotatable bonds is 10. The molecule has 0 saturated carbocycles. The highest BCUT2D eigenvalue weighted by Gasteiger charge is 2.06. The van der Waals surface area contributed by atoms with Crippen LogP contribution in [-0.2, 0) is 0 Å². The average molecular weight is 427 g/mol. The van der Waals surface area contributed by atoms with Crippen LogP contribution in [0.15, 0.2) is 70.0 Å². The SMILES string of the molecule is [C-]#[N+]/C(N=Cc1ccc(N(CC)CC)cc1)=C(\C#N)N=Cc1ccc(N(CC)CC)cc1. The fraction of sp³-hybridized carbons (Fsp3) is 0.308. The lowest BCUT2D eigenvalue weighted by molar-refractivity contribution is 0.866. The summed E-state index contributed by atoms with van der Waals surface area (Å²) in [5, 5.41) is 9.48. The first-order valence-electron chi connectivity index (χ1n) is 10.9. The normalized spacial score (nSPS) is 11.8. The number of hydrogen-bond donors (Lipinski definition) is 0. The van der Waals surface area contributed by atoms with Crippen LogP contribution in [0.5, 0.6) is 0 Å². The van der Waals surface area contributed by atoms with Crippen LogP contribution < -0.4 is 9.80 Å². The molecule has 0 heterocycles. The van der Waals surface area contributed by atoms with Gasteiger partial charge in [0.05, 0.1) is 0 Å². The Morgan fingerprint density at radius 2 is 1.22 bits per heavy atom. The van der Waals surface area contributed by atoms with Crippen LogP contribution in [0.25, 0.3) is 4.85 Å². The molecule has 0 N–H and O–H groups in total. The van der Waals surface area contributed by atoms with Gasteiger partial charge >= 0.3 is 5.82 Å². The van der Waals surface area contributed by atoms with Crippen molar-refractivity contribution in [3.05, 3.63) is 82.6 Å². The molecule has 32 heavy (non-hydrogen) atoms. The largest absolute Gasteiger partial charge is 0.372 e. The van der Waals surface area contributed by atoms with Crippen molar-refractivity contribution in [1.82, 2.24) is 0 Å². The number of benzene rings is 2. The molecule has 6 heteroatoms.